The predicted molar refractivity (Wildman–Crippen MR) is 66.6 cm³/mol. The van der Waals surface area contributed by atoms with Crippen molar-refractivity contribution in [2.24, 2.45) is 11.3 Å². The molecule has 1 aliphatic heterocycles. The van der Waals surface area contributed by atoms with E-state index in [1.54, 1.807) is 0 Å². The molecule has 0 unspecified atom stereocenters. The lowest BCUT2D eigenvalue weighted by Crippen LogP contribution is -2.42. The maximum Gasteiger partial charge on any atom is 0.389 e. The quantitative estimate of drug-likeness (QED) is 0.777. The van der Waals surface area contributed by atoms with Crippen molar-refractivity contribution < 1.29 is 18.7 Å². The van der Waals surface area contributed by atoms with Crippen LogP contribution in [0.3, 0.4) is 0 Å². The second-order valence-electron chi connectivity index (χ2n) is 4.50. The van der Waals surface area contributed by atoms with Gasteiger partial charge in [0.15, 0.2) is 0 Å². The van der Waals surface area contributed by atoms with Crippen molar-refractivity contribution in [2.75, 3.05) is 25.6 Å². The monoisotopic (exact) mass is 268 g/mol. The molecule has 0 bridgehead atoms. The van der Waals surface area contributed by atoms with Crippen LogP contribution in [-0.2, 0) is 13.6 Å². The molecule has 1 fully saturated rings. The summed E-state index contributed by atoms with van der Waals surface area (Å²) in [5.74, 6) is 1.01. The number of aliphatic hydroxyl groups excluding tert-OH is 1. The summed E-state index contributed by atoms with van der Waals surface area (Å²) >= 11 is 1.25. The average Bonchev–Trinajstić information content (AvgIpc) is 2.28. The Labute approximate surface area is 101 Å². The Morgan fingerprint density at radius 3 is 2.38 bits per heavy atom. The Balaban J connectivity index is 2.58. The summed E-state index contributed by atoms with van der Waals surface area (Å²) in [6.07, 6.45) is 0.941. The summed E-state index contributed by atoms with van der Waals surface area (Å²) < 4.78 is 22.8. The lowest BCUT2D eigenvalue weighted by atomic mass is 9.79. The minimum atomic E-state index is -2.96. The third kappa shape index (κ3) is 3.23. The van der Waals surface area contributed by atoms with Gasteiger partial charge >= 0.3 is 6.80 Å². The number of hydrogen-bond acceptors (Lipinski definition) is 5. The third-order valence-electron chi connectivity index (χ3n) is 3.01. The summed E-state index contributed by atoms with van der Waals surface area (Å²) in [7, 11) is 0. The normalized spacial score (nSPS) is 35.6. The highest BCUT2D eigenvalue weighted by molar-refractivity contribution is 8.55. The van der Waals surface area contributed by atoms with Gasteiger partial charge < -0.3 is 5.11 Å². The van der Waals surface area contributed by atoms with Crippen LogP contribution in [0.2, 0.25) is 0 Å². The number of aliphatic hydroxyl groups is 1. The molecule has 0 amide bonds. The molecule has 96 valence electrons. The molecule has 0 aliphatic carbocycles. The van der Waals surface area contributed by atoms with Crippen molar-refractivity contribution in [3.63, 3.8) is 0 Å². The molecule has 1 heterocycles. The molecule has 0 atom stereocenters. The lowest BCUT2D eigenvalue weighted by molar-refractivity contribution is -0.0449. The van der Waals surface area contributed by atoms with E-state index in [0.29, 0.717) is 13.2 Å². The van der Waals surface area contributed by atoms with Gasteiger partial charge in [-0.15, -0.1) is 0 Å². The van der Waals surface area contributed by atoms with Crippen LogP contribution in [0.4, 0.5) is 0 Å². The van der Waals surface area contributed by atoms with Gasteiger partial charge in [0.1, 0.15) is 0 Å². The largest absolute Gasteiger partial charge is 0.396 e. The fourth-order valence-corrected chi connectivity index (χ4v) is 4.82. The molecule has 1 aliphatic rings. The van der Waals surface area contributed by atoms with Gasteiger partial charge in [0, 0.05) is 11.2 Å². The van der Waals surface area contributed by atoms with Gasteiger partial charge in [0.05, 0.1) is 19.8 Å². The van der Waals surface area contributed by atoms with E-state index in [-0.39, 0.29) is 12.5 Å². The van der Waals surface area contributed by atoms with Gasteiger partial charge in [-0.2, -0.15) is 0 Å². The lowest BCUT2D eigenvalue weighted by Gasteiger charge is -2.40. The molecule has 0 aromatic heterocycles. The molecule has 0 aromatic rings. The standard InChI is InChI=1S/C10H21O4PS/c1-4-5-16-15(12)13-7-10(6-11,8-14-15)9(2)3/h9,11H,4-8H2,1-3H3. The molecule has 16 heavy (non-hydrogen) atoms. The molecule has 0 aromatic carbocycles. The van der Waals surface area contributed by atoms with Crippen molar-refractivity contribution >= 4 is 18.2 Å². The molecule has 1 rings (SSSR count). The summed E-state index contributed by atoms with van der Waals surface area (Å²) in [5, 5.41) is 9.40. The second kappa shape index (κ2) is 5.87. The molecule has 0 radical (unpaired) electrons. The van der Waals surface area contributed by atoms with E-state index in [1.807, 2.05) is 20.8 Å². The maximum atomic E-state index is 12.1. The highest BCUT2D eigenvalue weighted by atomic mass is 32.7. The van der Waals surface area contributed by atoms with E-state index < -0.39 is 12.2 Å². The highest BCUT2D eigenvalue weighted by Gasteiger charge is 2.44. The molecule has 6 heteroatoms. The van der Waals surface area contributed by atoms with Crippen LogP contribution in [0.1, 0.15) is 27.2 Å². The van der Waals surface area contributed by atoms with Crippen LogP contribution in [0.25, 0.3) is 0 Å². The van der Waals surface area contributed by atoms with Gasteiger partial charge in [0.25, 0.3) is 0 Å². The fourth-order valence-electron chi connectivity index (χ4n) is 1.38. The van der Waals surface area contributed by atoms with Gasteiger partial charge in [-0.3, -0.25) is 9.05 Å². The Kier molecular flexibility index (Phi) is 5.33. The van der Waals surface area contributed by atoms with Crippen LogP contribution in [0.15, 0.2) is 0 Å². The molecule has 1 saturated heterocycles. The fraction of sp³-hybridized carbons (Fsp3) is 1.00. The Hall–Kier alpha value is 0.460. The van der Waals surface area contributed by atoms with E-state index in [1.165, 1.54) is 11.4 Å². The van der Waals surface area contributed by atoms with E-state index in [0.717, 1.165) is 12.2 Å². The zero-order chi connectivity index (χ0) is 12.2. The van der Waals surface area contributed by atoms with Gasteiger partial charge in [0.2, 0.25) is 0 Å². The van der Waals surface area contributed by atoms with Crippen molar-refractivity contribution in [1.82, 2.24) is 0 Å². The minimum absolute atomic E-state index is 0.00309. The van der Waals surface area contributed by atoms with Gasteiger partial charge in [-0.1, -0.05) is 20.8 Å². The molecular formula is C10H21O4PS. The van der Waals surface area contributed by atoms with Crippen molar-refractivity contribution in [3.8, 4) is 0 Å². The van der Waals surface area contributed by atoms with E-state index in [4.69, 9.17) is 9.05 Å². The van der Waals surface area contributed by atoms with Gasteiger partial charge in [-0.25, -0.2) is 4.57 Å². The highest BCUT2D eigenvalue weighted by Crippen LogP contribution is 2.64. The first kappa shape index (κ1) is 14.5. The Morgan fingerprint density at radius 2 is 2.00 bits per heavy atom. The summed E-state index contributed by atoms with van der Waals surface area (Å²) in [6, 6.07) is 0. The smallest absolute Gasteiger partial charge is 0.389 e. The molecule has 0 saturated carbocycles. The van der Waals surface area contributed by atoms with E-state index >= 15 is 0 Å². The van der Waals surface area contributed by atoms with Crippen LogP contribution < -0.4 is 0 Å². The molecule has 4 nitrogen and oxygen atoms in total. The van der Waals surface area contributed by atoms with Crippen LogP contribution in [0.5, 0.6) is 0 Å². The van der Waals surface area contributed by atoms with E-state index in [9.17, 15) is 9.67 Å². The van der Waals surface area contributed by atoms with E-state index in [2.05, 4.69) is 0 Å². The first-order valence-electron chi connectivity index (χ1n) is 5.62. The summed E-state index contributed by atoms with van der Waals surface area (Å²) in [5.41, 5.74) is -0.402. The number of rotatable bonds is 5. The first-order valence-corrected chi connectivity index (χ1v) is 8.76. The van der Waals surface area contributed by atoms with Gasteiger partial charge in [-0.05, 0) is 23.7 Å². The SMILES string of the molecule is CCCSP1(=O)OCC(CO)(C(C)C)CO1. The summed E-state index contributed by atoms with van der Waals surface area (Å²) in [4.78, 5) is 0. The summed E-state index contributed by atoms with van der Waals surface area (Å²) in [6.45, 7) is 3.72. The topological polar surface area (TPSA) is 55.8 Å². The van der Waals surface area contributed by atoms with Crippen molar-refractivity contribution in [1.29, 1.82) is 0 Å². The van der Waals surface area contributed by atoms with Crippen molar-refractivity contribution in [2.45, 2.75) is 27.2 Å². The average molecular weight is 268 g/mol. The zero-order valence-corrected chi connectivity index (χ0v) is 11.9. The van der Waals surface area contributed by atoms with Crippen LogP contribution >= 0.6 is 18.2 Å². The third-order valence-corrected chi connectivity index (χ3v) is 6.94. The predicted octanol–water partition coefficient (Wildman–Crippen LogP) is 2.92. The molecule has 1 N–H and O–H groups in total. The van der Waals surface area contributed by atoms with Crippen LogP contribution in [0, 0.1) is 11.3 Å². The second-order valence-corrected chi connectivity index (χ2v) is 8.70. The Morgan fingerprint density at radius 1 is 1.44 bits per heavy atom. The molecular weight excluding hydrogens is 247 g/mol. The first-order chi connectivity index (χ1) is 7.48. The van der Waals surface area contributed by atoms with Crippen LogP contribution in [-0.4, -0.2) is 30.7 Å². The Bertz CT molecular complexity index is 258. The maximum absolute atomic E-state index is 12.1. The van der Waals surface area contributed by atoms with Crippen molar-refractivity contribution in [3.05, 3.63) is 0 Å². The molecule has 0 spiro atoms. The minimum Gasteiger partial charge on any atom is -0.396 e. The number of hydrogen-bond donors (Lipinski definition) is 1. The zero-order valence-electron chi connectivity index (χ0n) is 10.1.